The van der Waals surface area contributed by atoms with Gasteiger partial charge in [0.05, 0.1) is 0 Å². The van der Waals surface area contributed by atoms with Gasteiger partial charge in [-0.1, -0.05) is 6.07 Å². The number of hydrogen-bond donors (Lipinski definition) is 1. The number of nitrogens with zero attached hydrogens (tertiary/aromatic N) is 2. The number of benzene rings is 1. The van der Waals surface area contributed by atoms with Crippen LogP contribution in [0.2, 0.25) is 0 Å². The monoisotopic (exact) mass is 331 g/mol. The van der Waals surface area contributed by atoms with Gasteiger partial charge in [0.2, 0.25) is 5.39 Å². The Hall–Kier alpha value is -0.0666. The van der Waals surface area contributed by atoms with E-state index in [1.165, 1.54) is 0 Å². The van der Waals surface area contributed by atoms with Gasteiger partial charge in [-0.3, -0.25) is 0 Å². The third-order valence-electron chi connectivity index (χ3n) is 1.63. The van der Waals surface area contributed by atoms with E-state index in [0.29, 0.717) is 5.69 Å². The third-order valence-corrected chi connectivity index (χ3v) is 1.63. The van der Waals surface area contributed by atoms with Crippen LogP contribution < -0.4 is 5.32 Å². The molecule has 1 aromatic carbocycles. The molecule has 0 bridgehead atoms. The van der Waals surface area contributed by atoms with Crippen molar-refractivity contribution in [1.82, 2.24) is 0 Å². The molecule has 0 fully saturated rings. The van der Waals surface area contributed by atoms with Crippen molar-refractivity contribution >= 4 is 40.4 Å². The van der Waals surface area contributed by atoms with Gasteiger partial charge in [0.1, 0.15) is 5.69 Å². The maximum absolute atomic E-state index is 8.65. The van der Waals surface area contributed by atoms with Gasteiger partial charge < -0.3 is 5.32 Å². The molecule has 1 rings (SSSR count). The molecule has 0 atom stereocenters. The summed E-state index contributed by atoms with van der Waals surface area (Å²) in [7, 11) is 15.0. The first-order valence-corrected chi connectivity index (χ1v) is 16.5. The first kappa shape index (κ1) is 15.9. The molecular weight excluding hydrogens is 322 g/mol. The molecule has 86 valence electrons. The fraction of sp³-hybridized carbons (Fsp3) is 0.333. The van der Waals surface area contributed by atoms with Crippen LogP contribution in [0.1, 0.15) is 12.5 Å². The molecule has 0 spiro atoms. The molecule has 0 saturated heterocycles. The van der Waals surface area contributed by atoms with E-state index in [2.05, 4.69) is 10.3 Å². The Balaban J connectivity index is 0.000000487. The standard InChI is InChI=1S/C9H12N3.3ClH.Zn/c1-3-11-8-5-4-7(2)6-9(8)12-10;;;;/h4-6,11H,3H2,1-2H3;3*1H;/q+1;;;;+2/p-3. The van der Waals surface area contributed by atoms with Crippen LogP contribution in [0.3, 0.4) is 0 Å². The second-order valence-corrected chi connectivity index (χ2v) is 16.8. The summed E-state index contributed by atoms with van der Waals surface area (Å²) in [6.45, 7) is 4.79. The second kappa shape index (κ2) is 9.01. The normalized spacial score (nSPS) is 8.50. The fourth-order valence-corrected chi connectivity index (χ4v) is 1.06. The van der Waals surface area contributed by atoms with Crippen molar-refractivity contribution in [2.75, 3.05) is 11.9 Å². The third kappa shape index (κ3) is 7.25. The van der Waals surface area contributed by atoms with Crippen LogP contribution in [0.25, 0.3) is 4.98 Å². The van der Waals surface area contributed by atoms with Crippen LogP contribution in [0.4, 0.5) is 11.4 Å². The fourth-order valence-electron chi connectivity index (χ4n) is 1.06. The summed E-state index contributed by atoms with van der Waals surface area (Å²) in [6, 6.07) is 5.72. The topological polar surface area (TPSA) is 40.2 Å². The number of aryl methyl sites for hydroxylation is 1. The zero-order chi connectivity index (χ0) is 12.6. The van der Waals surface area contributed by atoms with Crippen molar-refractivity contribution < 1.29 is 13.0 Å². The summed E-state index contributed by atoms with van der Waals surface area (Å²) < 4.78 is 0. The van der Waals surface area contributed by atoms with Crippen molar-refractivity contribution in [3.63, 3.8) is 0 Å². The van der Waals surface area contributed by atoms with E-state index < -0.39 is 13.0 Å². The van der Waals surface area contributed by atoms with Crippen LogP contribution in [0, 0.1) is 12.3 Å². The van der Waals surface area contributed by atoms with Gasteiger partial charge in [-0.25, -0.2) is 0 Å². The predicted octanol–water partition coefficient (Wildman–Crippen LogP) is 4.98. The van der Waals surface area contributed by atoms with E-state index in [0.717, 1.165) is 17.8 Å². The summed E-state index contributed by atoms with van der Waals surface area (Å²) in [4.78, 5) is 3.19. The van der Waals surface area contributed by atoms with Crippen molar-refractivity contribution in [3.8, 4) is 0 Å². The van der Waals surface area contributed by atoms with Crippen molar-refractivity contribution in [2.45, 2.75) is 13.8 Å². The number of nitrogens with one attached hydrogen (secondary N) is 1. The SMILES string of the molecule is CCNc1ccc(C)cc1[N+]#N.[Cl][Zn-]([Cl])[Cl]. The molecule has 7 heteroatoms. The quantitative estimate of drug-likeness (QED) is 0.612. The molecule has 0 aliphatic rings. The molecule has 0 aliphatic carbocycles. The molecule has 1 N–H and O–H groups in total. The summed E-state index contributed by atoms with van der Waals surface area (Å²) >= 11 is -2.21. The van der Waals surface area contributed by atoms with Gasteiger partial charge in [-0.15, -0.1) is 0 Å². The Kier molecular flexibility index (Phi) is 8.98. The zero-order valence-electron chi connectivity index (χ0n) is 9.17. The molecule has 0 saturated carbocycles. The van der Waals surface area contributed by atoms with Crippen molar-refractivity contribution in [2.24, 2.45) is 0 Å². The summed E-state index contributed by atoms with van der Waals surface area (Å²) in [5, 5.41) is 11.8. The van der Waals surface area contributed by atoms with E-state index in [1.807, 2.05) is 32.0 Å². The van der Waals surface area contributed by atoms with Crippen molar-refractivity contribution in [3.05, 3.63) is 28.7 Å². The van der Waals surface area contributed by atoms with E-state index in [4.69, 9.17) is 34.5 Å². The first-order chi connectivity index (χ1) is 7.51. The van der Waals surface area contributed by atoms with Crippen molar-refractivity contribution in [1.29, 1.82) is 5.39 Å². The van der Waals surface area contributed by atoms with Crippen LogP contribution in [-0.4, -0.2) is 6.54 Å². The average Bonchev–Trinajstić information content (AvgIpc) is 2.20. The van der Waals surface area contributed by atoms with E-state index >= 15 is 0 Å². The van der Waals surface area contributed by atoms with E-state index in [1.54, 1.807) is 0 Å². The average molecular weight is 334 g/mol. The van der Waals surface area contributed by atoms with Crippen LogP contribution in [0.5, 0.6) is 0 Å². The molecule has 1 aromatic rings. The number of diazo groups is 1. The minimum absolute atomic E-state index is 0.594. The van der Waals surface area contributed by atoms with Crippen LogP contribution >= 0.6 is 29.1 Å². The number of halogens is 3. The van der Waals surface area contributed by atoms with Crippen LogP contribution in [0.15, 0.2) is 18.2 Å². The number of hydrogen-bond acceptors (Lipinski definition) is 2. The van der Waals surface area contributed by atoms with Gasteiger partial charge in [0.15, 0.2) is 4.98 Å². The Labute approximate surface area is 113 Å². The van der Waals surface area contributed by atoms with Gasteiger partial charge in [0, 0.05) is 12.6 Å². The summed E-state index contributed by atoms with van der Waals surface area (Å²) in [5.74, 6) is 0. The molecule has 0 radical (unpaired) electrons. The number of anilines is 1. The minimum atomic E-state index is -2.21. The van der Waals surface area contributed by atoms with Gasteiger partial charge >= 0.3 is 47.7 Å². The molecule has 0 aromatic heterocycles. The van der Waals surface area contributed by atoms with Gasteiger partial charge in [-0.2, -0.15) is 0 Å². The first-order valence-electron chi connectivity index (χ1n) is 4.77. The predicted molar refractivity (Wildman–Crippen MR) is 67.6 cm³/mol. The molecule has 0 unspecified atom stereocenters. The van der Waals surface area contributed by atoms with E-state index in [9.17, 15) is 0 Å². The molecule has 16 heavy (non-hydrogen) atoms. The Morgan fingerprint density at radius 3 is 2.38 bits per heavy atom. The van der Waals surface area contributed by atoms with Gasteiger partial charge in [0.25, 0.3) is 0 Å². The number of rotatable bonds is 2. The Bertz CT molecular complexity index is 363. The summed E-state index contributed by atoms with van der Waals surface area (Å²) in [5.41, 5.74) is 2.55. The molecular formula is C9H12Cl3N3Zn. The molecule has 0 aliphatic heterocycles. The molecule has 0 heterocycles. The van der Waals surface area contributed by atoms with Crippen LogP contribution in [-0.2, 0) is 13.0 Å². The Morgan fingerprint density at radius 1 is 1.38 bits per heavy atom. The molecule has 3 nitrogen and oxygen atoms in total. The second-order valence-electron chi connectivity index (χ2n) is 2.95. The molecule has 0 amide bonds. The summed E-state index contributed by atoms with van der Waals surface area (Å²) in [6.07, 6.45) is 0. The Morgan fingerprint density at radius 2 is 1.94 bits per heavy atom. The zero-order valence-corrected chi connectivity index (χ0v) is 14.4. The van der Waals surface area contributed by atoms with Gasteiger partial charge in [-0.05, 0) is 25.5 Å². The maximum atomic E-state index is 8.65. The van der Waals surface area contributed by atoms with E-state index in [-0.39, 0.29) is 0 Å².